The van der Waals surface area contributed by atoms with Gasteiger partial charge in [-0.1, -0.05) is 30.3 Å². The average molecular weight is 347 g/mol. The molecule has 7 nitrogen and oxygen atoms in total. The zero-order valence-electron chi connectivity index (χ0n) is 12.8. The number of aliphatic imine (C=N–C) groups is 1. The highest BCUT2D eigenvalue weighted by Gasteiger charge is 2.18. The Kier molecular flexibility index (Phi) is 5.28. The van der Waals surface area contributed by atoms with Gasteiger partial charge < -0.3 is 0 Å². The number of hydroxylamine groups is 2. The molecule has 0 unspecified atom stereocenters. The van der Waals surface area contributed by atoms with Crippen LogP contribution in [0.2, 0.25) is 0 Å². The van der Waals surface area contributed by atoms with E-state index in [1.807, 2.05) is 30.3 Å². The summed E-state index contributed by atoms with van der Waals surface area (Å²) in [7, 11) is 1.59. The first kappa shape index (κ1) is 17.6. The molecule has 124 valence electrons. The van der Waals surface area contributed by atoms with Crippen molar-refractivity contribution in [3.05, 3.63) is 74.8 Å². The van der Waals surface area contributed by atoms with E-state index in [2.05, 4.69) is 9.98 Å². The molecule has 0 aliphatic carbocycles. The molecule has 24 heavy (non-hydrogen) atoms. The summed E-state index contributed by atoms with van der Waals surface area (Å²) in [5.41, 5.74) is 1.15. The zero-order valence-corrected chi connectivity index (χ0v) is 13.6. The fraction of sp³-hybridized carbons (Fsp3) is 0.125. The van der Waals surface area contributed by atoms with Crippen molar-refractivity contribution < 1.29 is 10.1 Å². The standard InChI is InChI=1S/C16H14N4O3.ClH/c1-17-15-10-19(21)16(11-5-3-2-4-6-11)13-9-12(20(22)23)7-8-14(13)18-15;/h2-9,21H,10H2,1H3;1H. The average Bonchev–Trinajstić information content (AvgIpc) is 2.70. The maximum atomic E-state index is 11.1. The van der Waals surface area contributed by atoms with Crippen molar-refractivity contribution in [3.8, 4) is 0 Å². The van der Waals surface area contributed by atoms with Crippen LogP contribution in [0.5, 0.6) is 0 Å². The maximum Gasteiger partial charge on any atom is 0.270 e. The molecule has 0 aromatic heterocycles. The molecule has 0 atom stereocenters. The first-order valence-corrected chi connectivity index (χ1v) is 6.95. The van der Waals surface area contributed by atoms with Gasteiger partial charge in [0.05, 0.1) is 16.0 Å². The number of benzene rings is 2. The molecule has 0 spiro atoms. The molecule has 0 amide bonds. The van der Waals surface area contributed by atoms with E-state index >= 15 is 0 Å². The second-order valence-electron chi connectivity index (χ2n) is 4.98. The normalized spacial score (nSPS) is 15.2. The van der Waals surface area contributed by atoms with Crippen molar-refractivity contribution >= 4 is 29.6 Å². The molecule has 2 aromatic rings. The fourth-order valence-corrected chi connectivity index (χ4v) is 2.47. The highest BCUT2D eigenvalue weighted by atomic mass is 35.5. The minimum absolute atomic E-state index is 0. The summed E-state index contributed by atoms with van der Waals surface area (Å²) in [6.07, 6.45) is 0. The number of nitro benzene ring substituents is 1. The zero-order chi connectivity index (χ0) is 16.4. The van der Waals surface area contributed by atoms with E-state index in [4.69, 9.17) is 0 Å². The molecule has 1 aliphatic heterocycles. The minimum Gasteiger partial charge on any atom is -0.288 e. The Hall–Kier alpha value is -2.77. The van der Waals surface area contributed by atoms with E-state index < -0.39 is 4.92 Å². The van der Waals surface area contributed by atoms with Crippen LogP contribution in [0, 0.1) is 10.1 Å². The van der Waals surface area contributed by atoms with Crippen LogP contribution in [0.25, 0.3) is 5.70 Å². The van der Waals surface area contributed by atoms with Crippen LogP contribution in [-0.4, -0.2) is 34.6 Å². The second-order valence-corrected chi connectivity index (χ2v) is 4.98. The van der Waals surface area contributed by atoms with Gasteiger partial charge in [0, 0.05) is 30.0 Å². The molecule has 3 rings (SSSR count). The van der Waals surface area contributed by atoms with Crippen LogP contribution >= 0.6 is 12.4 Å². The minimum atomic E-state index is -0.468. The van der Waals surface area contributed by atoms with Gasteiger partial charge in [0.1, 0.15) is 12.4 Å². The largest absolute Gasteiger partial charge is 0.288 e. The Morgan fingerprint density at radius 2 is 1.96 bits per heavy atom. The lowest BCUT2D eigenvalue weighted by molar-refractivity contribution is -0.385. The summed E-state index contributed by atoms with van der Waals surface area (Å²) in [5, 5.41) is 23.6. The van der Waals surface area contributed by atoms with E-state index in [9.17, 15) is 15.3 Å². The van der Waals surface area contributed by atoms with E-state index in [-0.39, 0.29) is 24.6 Å². The van der Waals surface area contributed by atoms with E-state index in [0.29, 0.717) is 22.1 Å². The third kappa shape index (κ3) is 3.27. The summed E-state index contributed by atoms with van der Waals surface area (Å²) in [6, 6.07) is 13.6. The highest BCUT2D eigenvalue weighted by Crippen LogP contribution is 2.16. The van der Waals surface area contributed by atoms with Gasteiger partial charge in [-0.2, -0.15) is 0 Å². The monoisotopic (exact) mass is 346 g/mol. The summed E-state index contributed by atoms with van der Waals surface area (Å²) >= 11 is 0. The number of halogens is 1. The van der Waals surface area contributed by atoms with Crippen LogP contribution in [0.15, 0.2) is 58.5 Å². The van der Waals surface area contributed by atoms with Crippen molar-refractivity contribution in [2.75, 3.05) is 13.6 Å². The first-order chi connectivity index (χ1) is 11.1. The number of nitro groups is 1. The molecule has 0 saturated carbocycles. The number of fused-ring (bicyclic) bond motifs is 1. The van der Waals surface area contributed by atoms with Crippen LogP contribution in [0.3, 0.4) is 0 Å². The van der Waals surface area contributed by atoms with Crippen molar-refractivity contribution in [1.29, 1.82) is 0 Å². The Morgan fingerprint density at radius 1 is 1.25 bits per heavy atom. The lowest BCUT2D eigenvalue weighted by Crippen LogP contribution is -2.32. The molecule has 1 aliphatic rings. The molecule has 0 radical (unpaired) electrons. The Morgan fingerprint density at radius 3 is 2.58 bits per heavy atom. The van der Waals surface area contributed by atoms with Gasteiger partial charge in [-0.25, -0.2) is 10.1 Å². The molecular formula is C16H15ClN4O3. The Labute approximate surface area is 143 Å². The van der Waals surface area contributed by atoms with Crippen molar-refractivity contribution in [2.24, 2.45) is 9.98 Å². The molecule has 1 N–H and O–H groups in total. The van der Waals surface area contributed by atoms with E-state index in [1.165, 1.54) is 12.1 Å². The predicted octanol–water partition coefficient (Wildman–Crippen LogP) is 1.53. The van der Waals surface area contributed by atoms with Crippen LogP contribution in [0.1, 0.15) is 5.56 Å². The number of rotatable bonds is 2. The molecule has 8 heteroatoms. The van der Waals surface area contributed by atoms with Gasteiger partial charge in [0.15, 0.2) is 0 Å². The summed E-state index contributed by atoms with van der Waals surface area (Å²) < 4.78 is 0. The smallest absolute Gasteiger partial charge is 0.270 e. The van der Waals surface area contributed by atoms with Crippen LogP contribution in [-0.2, 0) is 0 Å². The van der Waals surface area contributed by atoms with Crippen LogP contribution in [0.4, 0.5) is 5.69 Å². The quantitative estimate of drug-likeness (QED) is 0.659. The van der Waals surface area contributed by atoms with E-state index in [1.54, 1.807) is 13.1 Å². The van der Waals surface area contributed by atoms with Crippen molar-refractivity contribution in [2.45, 2.75) is 0 Å². The van der Waals surface area contributed by atoms with Gasteiger partial charge in [-0.15, -0.1) is 12.4 Å². The second kappa shape index (κ2) is 7.20. The van der Waals surface area contributed by atoms with Crippen molar-refractivity contribution in [3.63, 3.8) is 0 Å². The summed E-state index contributed by atoms with van der Waals surface area (Å²) in [6.45, 7) is 0.100. The van der Waals surface area contributed by atoms with Gasteiger partial charge >= 0.3 is 0 Å². The van der Waals surface area contributed by atoms with Gasteiger partial charge in [0.25, 0.3) is 5.69 Å². The van der Waals surface area contributed by atoms with Gasteiger partial charge in [-0.05, 0) is 6.07 Å². The molecule has 1 heterocycles. The third-order valence-electron chi connectivity index (χ3n) is 3.55. The number of hydrogen-bond donors (Lipinski definition) is 1. The van der Waals surface area contributed by atoms with E-state index in [0.717, 1.165) is 10.6 Å². The molecular weight excluding hydrogens is 332 g/mol. The van der Waals surface area contributed by atoms with Gasteiger partial charge in [0.2, 0.25) is 0 Å². The predicted molar refractivity (Wildman–Crippen MR) is 91.9 cm³/mol. The number of hydrogen-bond acceptors (Lipinski definition) is 5. The SMILES string of the molecule is CN=C1CN(O)C(c2ccccc2)=c2cc([N+](=O)[O-])ccc2=N1.Cl. The molecule has 2 aromatic carbocycles. The third-order valence-corrected chi connectivity index (χ3v) is 3.55. The molecule has 0 bridgehead atoms. The topological polar surface area (TPSA) is 91.3 Å². The number of non-ortho nitro benzene ring substituents is 1. The fourth-order valence-electron chi connectivity index (χ4n) is 2.47. The highest BCUT2D eigenvalue weighted by molar-refractivity contribution is 5.87. The number of amidine groups is 1. The van der Waals surface area contributed by atoms with Crippen LogP contribution < -0.4 is 10.6 Å². The Bertz CT molecular complexity index is 913. The van der Waals surface area contributed by atoms with Gasteiger partial charge in [-0.3, -0.25) is 20.3 Å². The first-order valence-electron chi connectivity index (χ1n) is 6.95. The Balaban J connectivity index is 0.00000208. The van der Waals surface area contributed by atoms with Crippen molar-refractivity contribution in [1.82, 2.24) is 5.06 Å². The molecule has 0 saturated heterocycles. The molecule has 0 fully saturated rings. The lowest BCUT2D eigenvalue weighted by Gasteiger charge is -2.19. The summed E-state index contributed by atoms with van der Waals surface area (Å²) in [5.74, 6) is 0.438. The summed E-state index contributed by atoms with van der Waals surface area (Å²) in [4.78, 5) is 19.0. The maximum absolute atomic E-state index is 11.1. The number of nitrogens with zero attached hydrogens (tertiary/aromatic N) is 4. The lowest BCUT2D eigenvalue weighted by atomic mass is 10.1.